The molecule has 0 unspecified atom stereocenters. The van der Waals surface area contributed by atoms with Crippen molar-refractivity contribution in [3.05, 3.63) is 65.7 Å². The molecule has 0 saturated carbocycles. The first-order chi connectivity index (χ1) is 17.5. The molecule has 190 valence electrons. The van der Waals surface area contributed by atoms with Crippen LogP contribution < -0.4 is 15.5 Å². The Kier molecular flexibility index (Phi) is 10.6. The summed E-state index contributed by atoms with van der Waals surface area (Å²) in [5.41, 5.74) is 2.50. The van der Waals surface area contributed by atoms with Crippen molar-refractivity contribution >= 4 is 30.6 Å². The molecule has 9 nitrogen and oxygen atoms in total. The number of hydrogen-bond donors (Lipinski definition) is 2. The molecule has 1 heterocycles. The average Bonchev–Trinajstić information content (AvgIpc) is 2.91. The van der Waals surface area contributed by atoms with Crippen LogP contribution in [0.1, 0.15) is 28.8 Å². The van der Waals surface area contributed by atoms with Gasteiger partial charge >= 0.3 is 124 Å². The fourth-order valence-electron chi connectivity index (χ4n) is 4.17. The average molecular weight is 492 g/mol. The predicted molar refractivity (Wildman–Crippen MR) is 137 cm³/mol. The van der Waals surface area contributed by atoms with Gasteiger partial charge in [0.2, 0.25) is 0 Å². The molecule has 36 heavy (non-hydrogen) atoms. The number of ether oxygens (including phenoxy) is 1. The van der Waals surface area contributed by atoms with E-state index in [-0.39, 0.29) is 24.8 Å². The summed E-state index contributed by atoms with van der Waals surface area (Å²) in [6.45, 7) is 2.91. The van der Waals surface area contributed by atoms with Crippen molar-refractivity contribution in [2.24, 2.45) is 0 Å². The number of nitrogens with zero attached hydrogens (tertiary/aromatic N) is 2. The summed E-state index contributed by atoms with van der Waals surface area (Å²) in [5, 5.41) is 5.51. The van der Waals surface area contributed by atoms with Crippen molar-refractivity contribution in [3.63, 3.8) is 0 Å². The second-order valence-electron chi connectivity index (χ2n) is 8.76. The van der Waals surface area contributed by atoms with Gasteiger partial charge in [-0.25, -0.2) is 0 Å². The maximum atomic E-state index is 12.7. The summed E-state index contributed by atoms with van der Waals surface area (Å²) in [4.78, 5) is 41.3. The number of amides is 2. The van der Waals surface area contributed by atoms with Crippen LogP contribution in [0.25, 0.3) is 0 Å². The molecule has 1 aliphatic rings. The van der Waals surface area contributed by atoms with Crippen LogP contribution in [0.4, 0.5) is 5.69 Å². The van der Waals surface area contributed by atoms with E-state index in [0.29, 0.717) is 24.8 Å². The Morgan fingerprint density at radius 2 is 1.78 bits per heavy atom. The molecule has 0 spiro atoms. The number of methoxy groups -OCH3 is 1. The van der Waals surface area contributed by atoms with Crippen molar-refractivity contribution in [3.8, 4) is 0 Å². The first kappa shape index (κ1) is 27.1. The second kappa shape index (κ2) is 14.1. The van der Waals surface area contributed by atoms with Gasteiger partial charge in [-0.3, -0.25) is 9.59 Å². The number of rotatable bonds is 12. The van der Waals surface area contributed by atoms with E-state index in [0.717, 1.165) is 44.6 Å². The number of anilines is 1. The quantitative estimate of drug-likeness (QED) is 0.339. The normalized spacial score (nSPS) is 14.4. The Morgan fingerprint density at radius 3 is 2.47 bits per heavy atom. The minimum atomic E-state index is -0.402. The first-order valence-corrected chi connectivity index (χ1v) is 12.2. The van der Waals surface area contributed by atoms with Gasteiger partial charge in [0.1, 0.15) is 0 Å². The van der Waals surface area contributed by atoms with Gasteiger partial charge in [-0.1, -0.05) is 30.3 Å². The van der Waals surface area contributed by atoms with Gasteiger partial charge in [-0.2, -0.15) is 0 Å². The molecule has 2 amide bonds. The predicted octanol–water partition coefficient (Wildman–Crippen LogP) is 1.23. The van der Waals surface area contributed by atoms with Gasteiger partial charge in [0.25, 0.3) is 0 Å². The van der Waals surface area contributed by atoms with Crippen LogP contribution in [-0.4, -0.2) is 82.2 Å². The molecule has 1 aliphatic heterocycles. The fourth-order valence-corrected chi connectivity index (χ4v) is 4.17. The summed E-state index contributed by atoms with van der Waals surface area (Å²) in [7, 11) is 2.23. The van der Waals surface area contributed by atoms with Crippen molar-refractivity contribution in [1.29, 1.82) is 0 Å². The third-order valence-corrected chi connectivity index (χ3v) is 6.22. The number of nitrogens with one attached hydrogen (secondary N) is 2. The number of benzene rings is 2. The Bertz CT molecular complexity index is 1030. The van der Waals surface area contributed by atoms with E-state index in [2.05, 4.69) is 20.4 Å². The standard InChI is InChI=1S/C26H33BN4O5/c1-36-25(33)17-22(11-10-20-6-3-2-4-7-20)29-24(32)18-28-26(34)21-8-5-9-23(16-21)31-14-12-30(13-15-31)19-27-35/h2-9,16,22H,10-15,17-19H2,1H3,(H,28,34)(H,29,32)/t22-/m1/s1. The summed E-state index contributed by atoms with van der Waals surface area (Å²) < 4.78 is 15.5. The van der Waals surface area contributed by atoms with Crippen molar-refractivity contribution in [1.82, 2.24) is 15.5 Å². The van der Waals surface area contributed by atoms with E-state index in [4.69, 9.17) is 4.74 Å². The molecule has 0 aromatic heterocycles. The third-order valence-electron chi connectivity index (χ3n) is 6.22. The summed E-state index contributed by atoms with van der Waals surface area (Å²) in [6.07, 6.45) is 1.77. The van der Waals surface area contributed by atoms with Crippen molar-refractivity contribution in [2.45, 2.75) is 25.3 Å². The minimum absolute atomic E-state index is 0.0607. The van der Waals surface area contributed by atoms with Gasteiger partial charge in [0.15, 0.2) is 0 Å². The maximum absolute atomic E-state index is 12.7. The zero-order chi connectivity index (χ0) is 25.8. The van der Waals surface area contributed by atoms with Crippen LogP contribution in [-0.2, 0) is 25.5 Å². The first-order valence-electron chi connectivity index (χ1n) is 12.2. The Morgan fingerprint density at radius 1 is 1.03 bits per heavy atom. The molecule has 1 fully saturated rings. The molecule has 2 aromatic rings. The molecule has 0 bridgehead atoms. The molecular formula is C26H33BN4O5. The monoisotopic (exact) mass is 492 g/mol. The van der Waals surface area contributed by atoms with Crippen LogP contribution in [0.3, 0.4) is 0 Å². The van der Waals surface area contributed by atoms with Crippen LogP contribution in [0.5, 0.6) is 0 Å². The summed E-state index contributed by atoms with van der Waals surface area (Å²) in [6, 6.07) is 16.7. The Hall–Kier alpha value is -3.53. The second-order valence-corrected chi connectivity index (χ2v) is 8.76. The van der Waals surface area contributed by atoms with Gasteiger partial charge in [0, 0.05) is 6.04 Å². The number of carbonyl (C=O) groups is 3. The number of piperazine rings is 1. The molecule has 2 N–H and O–H groups in total. The molecule has 1 saturated heterocycles. The number of aryl methyl sites for hydroxylation is 1. The number of carbonyl (C=O) groups excluding carboxylic acids is 3. The third kappa shape index (κ3) is 8.60. The molecule has 0 radical (unpaired) electrons. The zero-order valence-electron chi connectivity index (χ0n) is 20.7. The van der Waals surface area contributed by atoms with Gasteiger partial charge in [-0.05, 0) is 18.4 Å². The van der Waals surface area contributed by atoms with Crippen LogP contribution in [0.15, 0.2) is 54.6 Å². The van der Waals surface area contributed by atoms with E-state index in [9.17, 15) is 19.1 Å². The molecule has 10 heteroatoms. The molecule has 1 atom stereocenters. The SMILES string of the molecule is COC(=O)C[C@@H](CCc1ccccc1)NC(=O)CNC(=O)c1cccc(N2CCN(CB=O)CC2)c1. The van der Waals surface area contributed by atoms with Gasteiger partial charge in [-0.15, -0.1) is 0 Å². The van der Waals surface area contributed by atoms with E-state index >= 15 is 0 Å². The van der Waals surface area contributed by atoms with Crippen LogP contribution in [0.2, 0.25) is 0 Å². The molecular weight excluding hydrogens is 459 g/mol. The summed E-state index contributed by atoms with van der Waals surface area (Å²) >= 11 is 0. The van der Waals surface area contributed by atoms with Crippen LogP contribution >= 0.6 is 0 Å². The summed E-state index contributed by atoms with van der Waals surface area (Å²) in [5.74, 6) is -1.12. The molecule has 0 aliphatic carbocycles. The van der Waals surface area contributed by atoms with Gasteiger partial charge < -0.3 is 10.1 Å². The number of esters is 1. The van der Waals surface area contributed by atoms with E-state index in [1.807, 2.05) is 48.5 Å². The van der Waals surface area contributed by atoms with E-state index in [1.165, 1.54) is 7.11 Å². The van der Waals surface area contributed by atoms with E-state index < -0.39 is 12.0 Å². The topological polar surface area (TPSA) is 108 Å². The van der Waals surface area contributed by atoms with Crippen molar-refractivity contribution in [2.75, 3.05) is 51.2 Å². The van der Waals surface area contributed by atoms with Crippen LogP contribution in [0, 0.1) is 0 Å². The van der Waals surface area contributed by atoms with Gasteiger partial charge in [0.05, 0.1) is 13.5 Å². The number of hydrogen-bond acceptors (Lipinski definition) is 7. The molecule has 2 aromatic carbocycles. The van der Waals surface area contributed by atoms with E-state index in [1.54, 1.807) is 6.07 Å². The zero-order valence-corrected chi connectivity index (χ0v) is 20.7. The Balaban J connectivity index is 1.50. The van der Waals surface area contributed by atoms with Crippen molar-refractivity contribution < 1.29 is 23.8 Å². The fraction of sp³-hybridized carbons (Fsp3) is 0.423. The molecule has 3 rings (SSSR count). The Labute approximate surface area is 212 Å².